The molecule has 7 nitrogen and oxygen atoms in total. The number of aryl methyl sites for hydroxylation is 1. The van der Waals surface area contributed by atoms with Gasteiger partial charge in [-0.1, -0.05) is 35.5 Å². The highest BCUT2D eigenvalue weighted by Gasteiger charge is 2.36. The molecule has 4 rings (SSSR count). The van der Waals surface area contributed by atoms with E-state index in [4.69, 9.17) is 9.26 Å². The second-order valence-corrected chi connectivity index (χ2v) is 7.30. The minimum absolute atomic E-state index is 0.0161. The first kappa shape index (κ1) is 18.4. The van der Waals surface area contributed by atoms with Gasteiger partial charge in [0.2, 0.25) is 0 Å². The molecule has 1 fully saturated rings. The van der Waals surface area contributed by atoms with Gasteiger partial charge < -0.3 is 14.2 Å². The molecule has 3 heterocycles. The Morgan fingerprint density at radius 2 is 2.11 bits per heavy atom. The predicted molar refractivity (Wildman–Crippen MR) is 103 cm³/mol. The lowest BCUT2D eigenvalue weighted by Crippen LogP contribution is -2.29. The highest BCUT2D eigenvalue weighted by molar-refractivity contribution is 5.94. The zero-order valence-electron chi connectivity index (χ0n) is 16.1. The van der Waals surface area contributed by atoms with E-state index in [1.54, 1.807) is 18.0 Å². The zero-order chi connectivity index (χ0) is 19.5. The van der Waals surface area contributed by atoms with E-state index in [1.807, 2.05) is 54.4 Å². The van der Waals surface area contributed by atoms with Crippen molar-refractivity contribution in [2.75, 3.05) is 20.2 Å². The molecule has 1 saturated heterocycles. The Morgan fingerprint density at radius 1 is 1.29 bits per heavy atom. The van der Waals surface area contributed by atoms with Crippen LogP contribution in [0.1, 0.15) is 27.4 Å². The third-order valence-corrected chi connectivity index (χ3v) is 5.18. The Morgan fingerprint density at radius 3 is 2.82 bits per heavy atom. The van der Waals surface area contributed by atoms with Gasteiger partial charge in [-0.05, 0) is 12.5 Å². The molecular weight excluding hydrogens is 356 g/mol. The molecule has 28 heavy (non-hydrogen) atoms. The van der Waals surface area contributed by atoms with Gasteiger partial charge in [0.15, 0.2) is 0 Å². The van der Waals surface area contributed by atoms with Crippen LogP contribution in [-0.4, -0.2) is 52.0 Å². The molecule has 0 N–H and O–H groups in total. The molecule has 7 heteroatoms. The number of methoxy groups -OCH3 is 1. The molecule has 0 radical (unpaired) electrons. The fraction of sp³-hybridized carbons (Fsp3) is 0.381. The quantitative estimate of drug-likeness (QED) is 0.657. The highest BCUT2D eigenvalue weighted by atomic mass is 16.5. The summed E-state index contributed by atoms with van der Waals surface area (Å²) in [4.78, 5) is 14.8. The van der Waals surface area contributed by atoms with Crippen LogP contribution < -0.4 is 0 Å². The summed E-state index contributed by atoms with van der Waals surface area (Å²) in [7, 11) is 1.69. The van der Waals surface area contributed by atoms with Crippen molar-refractivity contribution in [3.63, 3.8) is 0 Å². The average molecular weight is 380 g/mol. The van der Waals surface area contributed by atoms with Crippen molar-refractivity contribution in [3.8, 4) is 0 Å². The molecule has 3 aromatic rings. The highest BCUT2D eigenvalue weighted by Crippen LogP contribution is 2.25. The summed E-state index contributed by atoms with van der Waals surface area (Å²) < 4.78 is 12.8. The molecule has 1 amide bonds. The Balaban J connectivity index is 1.42. The van der Waals surface area contributed by atoms with Gasteiger partial charge in [-0.3, -0.25) is 9.48 Å². The molecule has 146 valence electrons. The lowest BCUT2D eigenvalue weighted by Gasteiger charge is -2.14. The van der Waals surface area contributed by atoms with Gasteiger partial charge in [0.05, 0.1) is 30.1 Å². The van der Waals surface area contributed by atoms with Crippen molar-refractivity contribution in [3.05, 3.63) is 71.4 Å². The first-order chi connectivity index (χ1) is 13.6. The van der Waals surface area contributed by atoms with E-state index < -0.39 is 0 Å². The number of hydrogen-bond acceptors (Lipinski definition) is 5. The number of ether oxygens (including phenoxy) is 1. The molecule has 0 spiro atoms. The van der Waals surface area contributed by atoms with E-state index >= 15 is 0 Å². The molecular formula is C21H24N4O3. The topological polar surface area (TPSA) is 73.4 Å². The number of carbonyl (C=O) groups excluding carboxylic acids is 1. The summed E-state index contributed by atoms with van der Waals surface area (Å²) in [5, 5.41) is 8.29. The van der Waals surface area contributed by atoms with Crippen molar-refractivity contribution in [2.45, 2.75) is 26.0 Å². The van der Waals surface area contributed by atoms with Gasteiger partial charge in [-0.25, -0.2) is 0 Å². The largest absolute Gasteiger partial charge is 0.379 e. The van der Waals surface area contributed by atoms with Gasteiger partial charge in [0.1, 0.15) is 5.76 Å². The van der Waals surface area contributed by atoms with Gasteiger partial charge in [0, 0.05) is 44.8 Å². The first-order valence-electron chi connectivity index (χ1n) is 9.43. The van der Waals surface area contributed by atoms with Crippen molar-refractivity contribution in [2.24, 2.45) is 5.92 Å². The maximum Gasteiger partial charge on any atom is 0.257 e. The van der Waals surface area contributed by atoms with Crippen LogP contribution in [0.3, 0.4) is 0 Å². The summed E-state index contributed by atoms with van der Waals surface area (Å²) in [6.07, 6.45) is 4.13. The SMILES string of the molecule is CO[C@H]1CN(C(=O)c2cnn(Cc3ccccc3)c2)C[C@H]1Cc1cc(C)no1. The lowest BCUT2D eigenvalue weighted by molar-refractivity contribution is 0.0672. The maximum absolute atomic E-state index is 13.0. The number of carbonyl (C=O) groups is 1. The van der Waals surface area contributed by atoms with Crippen LogP contribution in [0.5, 0.6) is 0 Å². The fourth-order valence-electron chi connectivity index (χ4n) is 3.75. The van der Waals surface area contributed by atoms with E-state index in [9.17, 15) is 4.79 Å². The van der Waals surface area contributed by atoms with Crippen molar-refractivity contribution in [1.29, 1.82) is 0 Å². The van der Waals surface area contributed by atoms with Crippen LogP contribution in [0.2, 0.25) is 0 Å². The number of rotatable bonds is 6. The molecule has 1 aliphatic rings. The molecule has 0 unspecified atom stereocenters. The Kier molecular flexibility index (Phi) is 5.25. The van der Waals surface area contributed by atoms with Crippen molar-refractivity contribution in [1.82, 2.24) is 19.8 Å². The monoisotopic (exact) mass is 380 g/mol. The molecule has 1 aliphatic heterocycles. The summed E-state index contributed by atoms with van der Waals surface area (Å²) in [6, 6.07) is 12.0. The van der Waals surface area contributed by atoms with E-state index in [1.165, 1.54) is 0 Å². The molecule has 1 aromatic carbocycles. The second kappa shape index (κ2) is 7.98. The second-order valence-electron chi connectivity index (χ2n) is 7.30. The minimum Gasteiger partial charge on any atom is -0.379 e. The summed E-state index contributed by atoms with van der Waals surface area (Å²) in [6.45, 7) is 3.73. The average Bonchev–Trinajstić information content (AvgIpc) is 3.43. The summed E-state index contributed by atoms with van der Waals surface area (Å²) >= 11 is 0. The molecule has 0 bridgehead atoms. The Bertz CT molecular complexity index is 934. The third-order valence-electron chi connectivity index (χ3n) is 5.18. The minimum atomic E-state index is -0.0197. The predicted octanol–water partition coefficient (Wildman–Crippen LogP) is 2.56. The molecule has 0 saturated carbocycles. The summed E-state index contributed by atoms with van der Waals surface area (Å²) in [5.41, 5.74) is 2.61. The molecule has 2 atom stereocenters. The van der Waals surface area contributed by atoms with Gasteiger partial charge >= 0.3 is 0 Å². The van der Waals surface area contributed by atoms with Crippen LogP contribution in [0.4, 0.5) is 0 Å². The number of benzene rings is 1. The van der Waals surface area contributed by atoms with Crippen LogP contribution in [0.15, 0.2) is 53.3 Å². The lowest BCUT2D eigenvalue weighted by atomic mass is 10.0. The standard InChI is InChI=1S/C21H24N4O3/c1-15-8-19(28-23-15)9-17-12-24(14-20(17)27-2)21(26)18-10-22-25(13-18)11-16-6-4-3-5-7-16/h3-8,10,13,17,20H,9,11-12,14H2,1-2H3/t17-,20+/m1/s1. The number of hydrogen-bond donors (Lipinski definition) is 0. The first-order valence-corrected chi connectivity index (χ1v) is 9.43. The summed E-state index contributed by atoms with van der Waals surface area (Å²) in [5.74, 6) is 0.993. The van der Waals surface area contributed by atoms with E-state index in [0.29, 0.717) is 31.6 Å². The Hall–Kier alpha value is -2.93. The van der Waals surface area contributed by atoms with Gasteiger partial charge in [0.25, 0.3) is 5.91 Å². The maximum atomic E-state index is 13.0. The third kappa shape index (κ3) is 3.99. The van der Waals surface area contributed by atoms with Gasteiger partial charge in [-0.15, -0.1) is 0 Å². The number of nitrogens with zero attached hydrogens (tertiary/aromatic N) is 4. The van der Waals surface area contributed by atoms with Crippen molar-refractivity contribution < 1.29 is 14.1 Å². The van der Waals surface area contributed by atoms with E-state index in [-0.39, 0.29) is 17.9 Å². The van der Waals surface area contributed by atoms with E-state index in [0.717, 1.165) is 17.0 Å². The normalized spacial score (nSPS) is 19.3. The Labute approximate surface area is 163 Å². The zero-order valence-corrected chi connectivity index (χ0v) is 16.1. The van der Waals surface area contributed by atoms with Crippen LogP contribution >= 0.6 is 0 Å². The van der Waals surface area contributed by atoms with Gasteiger partial charge in [-0.2, -0.15) is 5.10 Å². The van der Waals surface area contributed by atoms with Crippen molar-refractivity contribution >= 4 is 5.91 Å². The smallest absolute Gasteiger partial charge is 0.257 e. The number of likely N-dealkylation sites (tertiary alicyclic amines) is 1. The number of aromatic nitrogens is 3. The van der Waals surface area contributed by atoms with Crippen LogP contribution in [0.25, 0.3) is 0 Å². The molecule has 0 aliphatic carbocycles. The van der Waals surface area contributed by atoms with E-state index in [2.05, 4.69) is 10.3 Å². The molecule has 2 aromatic heterocycles. The van der Waals surface area contributed by atoms with Crippen LogP contribution in [0, 0.1) is 12.8 Å². The number of amides is 1. The fourth-order valence-corrected chi connectivity index (χ4v) is 3.75. The van der Waals surface area contributed by atoms with Crippen LogP contribution in [-0.2, 0) is 17.7 Å².